The minimum Gasteiger partial charge on any atom is -0.510 e. The third kappa shape index (κ3) is 4.51. The number of fused-ring (bicyclic) bond motifs is 3. The van der Waals surface area contributed by atoms with Crippen molar-refractivity contribution in [2.45, 2.75) is 75.5 Å². The number of aromatic hydroxyl groups is 1. The summed E-state index contributed by atoms with van der Waals surface area (Å²) in [4.78, 5) is 43.8. The van der Waals surface area contributed by atoms with E-state index in [1.165, 1.54) is 31.8 Å². The Balaban J connectivity index is 1.61. The molecule has 4 aliphatic rings. The standard InChI is InChI=1S/C32H43N3O8/c1-15-16-9-10-17(31(2,3)11-8-14-35-12-6-7-13-35)24(36)19(16)25(37)20-18(15)26(38)22-23(34(4)5)27(39)21(30(33)42)29(41)32(22,43)28(20)40/h9-10,15,18,22-23,26,36,38-40,43H,6-8,11-14H2,1-5H3,(H2,33,42). The number of ketones is 2. The largest absolute Gasteiger partial charge is 0.510 e. The van der Waals surface area contributed by atoms with Gasteiger partial charge in [-0.3, -0.25) is 19.3 Å². The van der Waals surface area contributed by atoms with Crippen LogP contribution in [0.4, 0.5) is 0 Å². The summed E-state index contributed by atoms with van der Waals surface area (Å²) in [6.07, 6.45) is 2.45. The van der Waals surface area contributed by atoms with Gasteiger partial charge in [-0.1, -0.05) is 32.9 Å². The van der Waals surface area contributed by atoms with Crippen molar-refractivity contribution in [1.29, 1.82) is 0 Å². The lowest BCUT2D eigenvalue weighted by Gasteiger charge is -2.53. The number of phenols is 1. The van der Waals surface area contributed by atoms with Crippen LogP contribution in [0.15, 0.2) is 34.8 Å². The van der Waals surface area contributed by atoms with Gasteiger partial charge in [-0.05, 0) is 76.3 Å². The van der Waals surface area contributed by atoms with Gasteiger partial charge in [0.25, 0.3) is 5.91 Å². The second kappa shape index (κ2) is 10.7. The van der Waals surface area contributed by atoms with Crippen LogP contribution in [0.2, 0.25) is 0 Å². The number of benzene rings is 1. The Labute approximate surface area is 251 Å². The number of primary amides is 1. The molecule has 7 N–H and O–H groups in total. The quantitative estimate of drug-likeness (QED) is 0.253. The summed E-state index contributed by atoms with van der Waals surface area (Å²) in [5.74, 6) is -8.76. The fourth-order valence-corrected chi connectivity index (χ4v) is 8.05. The van der Waals surface area contributed by atoms with Gasteiger partial charge in [0.05, 0.1) is 23.6 Å². The molecule has 1 fully saturated rings. The first-order valence-corrected chi connectivity index (χ1v) is 15.0. The number of likely N-dealkylation sites (N-methyl/N-ethyl adjacent to an activating group) is 1. The van der Waals surface area contributed by atoms with E-state index in [1.807, 2.05) is 13.8 Å². The third-order valence-corrected chi connectivity index (χ3v) is 10.3. The zero-order valence-corrected chi connectivity index (χ0v) is 25.4. The van der Waals surface area contributed by atoms with Crippen molar-refractivity contribution in [3.05, 3.63) is 51.5 Å². The Kier molecular flexibility index (Phi) is 7.78. The van der Waals surface area contributed by atoms with Gasteiger partial charge < -0.3 is 36.2 Å². The highest BCUT2D eigenvalue weighted by Crippen LogP contribution is 2.56. The van der Waals surface area contributed by atoms with Crippen LogP contribution < -0.4 is 5.73 Å². The van der Waals surface area contributed by atoms with Crippen LogP contribution in [0.25, 0.3) is 0 Å². The first-order valence-electron chi connectivity index (χ1n) is 15.0. The van der Waals surface area contributed by atoms with E-state index in [2.05, 4.69) is 4.90 Å². The predicted molar refractivity (Wildman–Crippen MR) is 158 cm³/mol. The Morgan fingerprint density at radius 2 is 1.77 bits per heavy atom. The highest BCUT2D eigenvalue weighted by Gasteiger charge is 2.67. The Bertz CT molecular complexity index is 1440. The summed E-state index contributed by atoms with van der Waals surface area (Å²) < 4.78 is 0. The molecule has 0 radical (unpaired) electrons. The van der Waals surface area contributed by atoms with E-state index in [0.717, 1.165) is 32.5 Å². The zero-order valence-electron chi connectivity index (χ0n) is 25.4. The van der Waals surface area contributed by atoms with Gasteiger partial charge in [-0.25, -0.2) is 0 Å². The number of amides is 1. The minimum absolute atomic E-state index is 0.0504. The fourth-order valence-electron chi connectivity index (χ4n) is 8.05. The highest BCUT2D eigenvalue weighted by atomic mass is 16.4. The molecule has 1 saturated heterocycles. The van der Waals surface area contributed by atoms with E-state index in [1.54, 1.807) is 19.1 Å². The van der Waals surface area contributed by atoms with Crippen LogP contribution in [0.5, 0.6) is 5.75 Å². The summed E-state index contributed by atoms with van der Waals surface area (Å²) >= 11 is 0. The van der Waals surface area contributed by atoms with Crippen LogP contribution >= 0.6 is 0 Å². The second-order valence-corrected chi connectivity index (χ2v) is 13.5. The van der Waals surface area contributed by atoms with Gasteiger partial charge in [0.2, 0.25) is 5.78 Å². The molecule has 0 aromatic heterocycles. The lowest BCUT2D eigenvalue weighted by molar-refractivity contribution is -0.162. The van der Waals surface area contributed by atoms with Crippen molar-refractivity contribution < 1.29 is 39.9 Å². The van der Waals surface area contributed by atoms with E-state index in [-0.39, 0.29) is 11.3 Å². The van der Waals surface area contributed by atoms with Crippen molar-refractivity contribution in [3.63, 3.8) is 0 Å². The van der Waals surface area contributed by atoms with Crippen molar-refractivity contribution in [3.8, 4) is 5.75 Å². The maximum Gasteiger partial charge on any atom is 0.255 e. The summed E-state index contributed by atoms with van der Waals surface area (Å²) in [6.45, 7) is 8.85. The molecule has 5 rings (SSSR count). The molecule has 0 bridgehead atoms. The monoisotopic (exact) mass is 597 g/mol. The number of hydrogen-bond acceptors (Lipinski definition) is 10. The van der Waals surface area contributed by atoms with Crippen LogP contribution in [-0.4, -0.2) is 104 Å². The smallest absolute Gasteiger partial charge is 0.255 e. The molecule has 1 heterocycles. The van der Waals surface area contributed by atoms with E-state index in [0.29, 0.717) is 11.1 Å². The van der Waals surface area contributed by atoms with Crippen molar-refractivity contribution in [1.82, 2.24) is 9.80 Å². The Morgan fingerprint density at radius 3 is 2.35 bits per heavy atom. The number of hydrogen-bond donors (Lipinski definition) is 6. The average Bonchev–Trinajstić information content (AvgIpc) is 3.43. The number of rotatable bonds is 7. The van der Waals surface area contributed by atoms with Crippen LogP contribution in [0, 0.1) is 11.8 Å². The molecule has 43 heavy (non-hydrogen) atoms. The molecule has 0 spiro atoms. The third-order valence-electron chi connectivity index (χ3n) is 10.3. The number of aliphatic hydroxyl groups is 4. The first-order chi connectivity index (χ1) is 20.1. The molecule has 11 nitrogen and oxygen atoms in total. The lowest BCUT2D eigenvalue weighted by Crippen LogP contribution is -2.68. The highest BCUT2D eigenvalue weighted by molar-refractivity contribution is 6.25. The van der Waals surface area contributed by atoms with Gasteiger partial charge >= 0.3 is 0 Å². The molecule has 0 saturated carbocycles. The number of aliphatic hydroxyl groups excluding tert-OH is 3. The second-order valence-electron chi connectivity index (χ2n) is 13.5. The normalized spacial score (nSPS) is 31.4. The number of carbonyl (C=O) groups excluding carboxylic acids is 3. The molecular formula is C32H43N3O8. The van der Waals surface area contributed by atoms with Gasteiger partial charge in [-0.15, -0.1) is 0 Å². The predicted octanol–water partition coefficient (Wildman–Crippen LogP) is 1.81. The topological polar surface area (TPSA) is 185 Å². The summed E-state index contributed by atoms with van der Waals surface area (Å²) in [6, 6.07) is 2.27. The molecule has 234 valence electrons. The Morgan fingerprint density at radius 1 is 1.14 bits per heavy atom. The molecule has 1 amide bonds. The number of nitrogens with two attached hydrogens (primary N) is 1. The molecule has 1 aliphatic heterocycles. The van der Waals surface area contributed by atoms with Gasteiger partial charge in [-0.2, -0.15) is 0 Å². The maximum absolute atomic E-state index is 14.2. The minimum atomic E-state index is -2.92. The molecule has 6 unspecified atom stereocenters. The lowest BCUT2D eigenvalue weighted by atomic mass is 9.55. The summed E-state index contributed by atoms with van der Waals surface area (Å²) in [5, 5.41) is 57.8. The van der Waals surface area contributed by atoms with E-state index >= 15 is 0 Å². The zero-order chi connectivity index (χ0) is 31.8. The van der Waals surface area contributed by atoms with Crippen LogP contribution in [-0.2, 0) is 15.0 Å². The van der Waals surface area contributed by atoms with Gasteiger partial charge in [0.15, 0.2) is 11.4 Å². The van der Waals surface area contributed by atoms with Crippen molar-refractivity contribution >= 4 is 17.5 Å². The van der Waals surface area contributed by atoms with Gasteiger partial charge in [0, 0.05) is 17.1 Å². The maximum atomic E-state index is 14.2. The van der Waals surface area contributed by atoms with Gasteiger partial charge in [0.1, 0.15) is 22.8 Å². The summed E-state index contributed by atoms with van der Waals surface area (Å²) in [5.41, 5.74) is 1.63. The van der Waals surface area contributed by atoms with E-state index in [9.17, 15) is 39.9 Å². The molecular weight excluding hydrogens is 554 g/mol. The molecule has 1 aromatic rings. The van der Waals surface area contributed by atoms with E-state index < -0.39 is 81.1 Å². The molecule has 6 atom stereocenters. The number of likely N-dealkylation sites (tertiary alicyclic amines) is 1. The SMILES string of the molecule is CC1c2ccc(C(C)(C)CCCN3CCCC3)c(O)c2C(=O)C2=C(O)C3(O)C(=O)C(C(N)=O)=C(O)C(N(C)C)C3C(O)C21. The molecule has 1 aromatic carbocycles. The van der Waals surface area contributed by atoms with Crippen LogP contribution in [0.3, 0.4) is 0 Å². The fraction of sp³-hybridized carbons (Fsp3) is 0.594. The average molecular weight is 598 g/mol. The van der Waals surface area contributed by atoms with Crippen LogP contribution in [0.1, 0.15) is 73.9 Å². The molecule has 11 heteroatoms. The molecule has 3 aliphatic carbocycles. The first kappa shape index (κ1) is 31.2. The Hall–Kier alpha value is -3.25. The van der Waals surface area contributed by atoms with Crippen molar-refractivity contribution in [2.75, 3.05) is 33.7 Å². The van der Waals surface area contributed by atoms with Crippen molar-refractivity contribution in [2.24, 2.45) is 17.6 Å². The number of Topliss-reactive ketones (excluding diaryl/α,β-unsaturated/α-hetero) is 2. The van der Waals surface area contributed by atoms with E-state index in [4.69, 9.17) is 5.73 Å². The number of carbonyl (C=O) groups is 3. The number of phenolic OH excluding ortho intramolecular Hbond substituents is 1. The number of nitrogens with zero attached hydrogens (tertiary/aromatic N) is 2. The summed E-state index contributed by atoms with van der Waals surface area (Å²) in [7, 11) is 3.02.